The highest BCUT2D eigenvalue weighted by molar-refractivity contribution is 5.69. The maximum Gasteiger partial charge on any atom is 0.305 e. The molecule has 0 aromatic carbocycles. The quantitative estimate of drug-likeness (QED) is 0.182. The summed E-state index contributed by atoms with van der Waals surface area (Å²) in [5.41, 5.74) is 0. The molecule has 0 radical (unpaired) electrons. The van der Waals surface area contributed by atoms with Gasteiger partial charge in [0.25, 0.3) is 0 Å². The molecule has 1 rings (SSSR count). The maximum absolute atomic E-state index is 10.9. The predicted molar refractivity (Wildman–Crippen MR) is 99.9 cm³/mol. The highest BCUT2D eigenvalue weighted by Gasteiger charge is 2.36. The molecule has 0 bridgehead atoms. The van der Waals surface area contributed by atoms with Crippen molar-refractivity contribution in [1.82, 2.24) is 0 Å². The van der Waals surface area contributed by atoms with Crippen molar-refractivity contribution in [3.63, 3.8) is 0 Å². The molecular weight excluding hydrogens is 300 g/mol. The monoisotopic (exact) mass is 334 g/mol. The second kappa shape index (κ2) is 14.0. The summed E-state index contributed by atoms with van der Waals surface area (Å²) in [6, 6.07) is 0. The molecule has 3 nitrogen and oxygen atoms in total. The summed E-state index contributed by atoms with van der Waals surface area (Å²) in [6.45, 7) is 2.24. The Hall–Kier alpha value is -1.35. The molecule has 0 aliphatic carbocycles. The lowest BCUT2D eigenvalue weighted by atomic mass is 10.1. The first-order valence-electron chi connectivity index (χ1n) is 9.45. The minimum Gasteiger partial charge on any atom is -0.469 e. The van der Waals surface area contributed by atoms with Gasteiger partial charge in [-0.1, -0.05) is 62.6 Å². The highest BCUT2D eigenvalue weighted by atomic mass is 16.6. The zero-order chi connectivity index (χ0) is 17.5. The molecule has 0 amide bonds. The van der Waals surface area contributed by atoms with Crippen LogP contribution in [-0.2, 0) is 14.3 Å². The van der Waals surface area contributed by atoms with Crippen molar-refractivity contribution in [3.8, 4) is 0 Å². The second-order valence-corrected chi connectivity index (χ2v) is 6.30. The van der Waals surface area contributed by atoms with Gasteiger partial charge in [-0.3, -0.25) is 4.79 Å². The van der Waals surface area contributed by atoms with Crippen molar-refractivity contribution in [3.05, 3.63) is 36.5 Å². The summed E-state index contributed by atoms with van der Waals surface area (Å²) in [7, 11) is 1.43. The Labute approximate surface area is 147 Å². The molecule has 0 aromatic heterocycles. The van der Waals surface area contributed by atoms with E-state index in [0.29, 0.717) is 18.6 Å². The first-order chi connectivity index (χ1) is 11.8. The standard InChI is InChI=1S/C21H34O3/c1-3-4-13-16-19-20(24-19)17-14-11-9-7-5-6-8-10-12-15-18-21(22)23-2/h5,7-8,10-11,14,19-20H,3-4,6,9,12-13,15-18H2,1-2H3/b7-5+,10-8+,14-11+/t19-,20-/m0/s1. The van der Waals surface area contributed by atoms with E-state index in [0.717, 1.165) is 32.1 Å². The number of hydrogen-bond acceptors (Lipinski definition) is 3. The Morgan fingerprint density at radius 3 is 2.38 bits per heavy atom. The fraction of sp³-hybridized carbons (Fsp3) is 0.667. The van der Waals surface area contributed by atoms with Gasteiger partial charge in [0.15, 0.2) is 0 Å². The number of esters is 1. The van der Waals surface area contributed by atoms with Crippen molar-refractivity contribution in [2.24, 2.45) is 0 Å². The third kappa shape index (κ3) is 11.2. The van der Waals surface area contributed by atoms with Crippen molar-refractivity contribution >= 4 is 5.97 Å². The zero-order valence-electron chi connectivity index (χ0n) is 15.4. The number of rotatable bonds is 14. The van der Waals surface area contributed by atoms with Gasteiger partial charge in [0.2, 0.25) is 0 Å². The number of hydrogen-bond donors (Lipinski definition) is 0. The van der Waals surface area contributed by atoms with Crippen molar-refractivity contribution in [1.29, 1.82) is 0 Å². The molecule has 24 heavy (non-hydrogen) atoms. The SMILES string of the molecule is CCCCC[C@@H]1O[C@H]1C/C=C/C/C=C/C/C=C/CCCC(=O)OC. The van der Waals surface area contributed by atoms with Gasteiger partial charge < -0.3 is 9.47 Å². The molecule has 0 aromatic rings. The molecule has 3 heteroatoms. The molecule has 2 atom stereocenters. The number of unbranched alkanes of at least 4 members (excludes halogenated alkanes) is 3. The summed E-state index contributed by atoms with van der Waals surface area (Å²) in [6.07, 6.45) is 24.6. The molecule has 1 fully saturated rings. The van der Waals surface area contributed by atoms with Crippen molar-refractivity contribution in [2.45, 2.75) is 83.3 Å². The van der Waals surface area contributed by atoms with Gasteiger partial charge in [0.05, 0.1) is 19.3 Å². The molecule has 1 aliphatic rings. The van der Waals surface area contributed by atoms with E-state index in [1.165, 1.54) is 32.8 Å². The summed E-state index contributed by atoms with van der Waals surface area (Å²) in [5.74, 6) is -0.126. The van der Waals surface area contributed by atoms with E-state index in [2.05, 4.69) is 48.1 Å². The Balaban J connectivity index is 1.90. The van der Waals surface area contributed by atoms with Gasteiger partial charge in [-0.25, -0.2) is 0 Å². The van der Waals surface area contributed by atoms with Crippen LogP contribution in [0.5, 0.6) is 0 Å². The van der Waals surface area contributed by atoms with E-state index in [4.69, 9.17) is 4.74 Å². The number of carbonyl (C=O) groups is 1. The number of allylic oxidation sites excluding steroid dienone is 5. The van der Waals surface area contributed by atoms with Gasteiger partial charge >= 0.3 is 5.97 Å². The van der Waals surface area contributed by atoms with Gasteiger partial charge in [0, 0.05) is 6.42 Å². The van der Waals surface area contributed by atoms with Crippen LogP contribution in [0.25, 0.3) is 0 Å². The molecule has 0 spiro atoms. The molecule has 0 N–H and O–H groups in total. The Morgan fingerprint density at radius 2 is 1.67 bits per heavy atom. The topological polar surface area (TPSA) is 38.8 Å². The Kier molecular flexibility index (Phi) is 12.1. The lowest BCUT2D eigenvalue weighted by molar-refractivity contribution is -0.140. The van der Waals surface area contributed by atoms with E-state index in [9.17, 15) is 4.79 Å². The van der Waals surface area contributed by atoms with Gasteiger partial charge in [-0.15, -0.1) is 0 Å². The van der Waals surface area contributed by atoms with Crippen LogP contribution in [0.1, 0.15) is 71.1 Å². The van der Waals surface area contributed by atoms with Crippen LogP contribution in [-0.4, -0.2) is 25.3 Å². The van der Waals surface area contributed by atoms with Crippen LogP contribution in [0.4, 0.5) is 0 Å². The first kappa shape index (κ1) is 20.7. The fourth-order valence-corrected chi connectivity index (χ4v) is 2.59. The van der Waals surface area contributed by atoms with Gasteiger partial charge in [-0.2, -0.15) is 0 Å². The van der Waals surface area contributed by atoms with Crippen LogP contribution in [0, 0.1) is 0 Å². The van der Waals surface area contributed by atoms with E-state index < -0.39 is 0 Å². The molecule has 1 heterocycles. The molecule has 1 aliphatic heterocycles. The van der Waals surface area contributed by atoms with E-state index in [1.54, 1.807) is 0 Å². The molecular formula is C21H34O3. The van der Waals surface area contributed by atoms with E-state index in [1.807, 2.05) is 0 Å². The normalized spacial score (nSPS) is 20.4. The van der Waals surface area contributed by atoms with Crippen LogP contribution in [0.2, 0.25) is 0 Å². The minimum absolute atomic E-state index is 0.126. The zero-order valence-corrected chi connectivity index (χ0v) is 15.4. The largest absolute Gasteiger partial charge is 0.469 e. The van der Waals surface area contributed by atoms with Gasteiger partial charge in [-0.05, 0) is 38.5 Å². The number of epoxide rings is 1. The smallest absolute Gasteiger partial charge is 0.305 e. The van der Waals surface area contributed by atoms with Crippen LogP contribution < -0.4 is 0 Å². The van der Waals surface area contributed by atoms with E-state index >= 15 is 0 Å². The van der Waals surface area contributed by atoms with Crippen LogP contribution in [0.3, 0.4) is 0 Å². The molecule has 0 saturated carbocycles. The Bertz CT molecular complexity index is 409. The number of methoxy groups -OCH3 is 1. The highest BCUT2D eigenvalue weighted by Crippen LogP contribution is 2.30. The third-order valence-electron chi connectivity index (χ3n) is 4.17. The lowest BCUT2D eigenvalue weighted by Gasteiger charge is -1.95. The molecule has 0 unspecified atom stereocenters. The lowest BCUT2D eigenvalue weighted by Crippen LogP contribution is -1.98. The van der Waals surface area contributed by atoms with Crippen molar-refractivity contribution in [2.75, 3.05) is 7.11 Å². The summed E-state index contributed by atoms with van der Waals surface area (Å²) >= 11 is 0. The average molecular weight is 335 g/mol. The molecule has 1 saturated heterocycles. The summed E-state index contributed by atoms with van der Waals surface area (Å²) in [5, 5.41) is 0. The predicted octanol–water partition coefficient (Wildman–Crippen LogP) is 5.52. The summed E-state index contributed by atoms with van der Waals surface area (Å²) < 4.78 is 10.3. The van der Waals surface area contributed by atoms with E-state index in [-0.39, 0.29) is 5.97 Å². The summed E-state index contributed by atoms with van der Waals surface area (Å²) in [4.78, 5) is 10.9. The number of carbonyl (C=O) groups excluding carboxylic acids is 1. The first-order valence-corrected chi connectivity index (χ1v) is 9.45. The van der Waals surface area contributed by atoms with Crippen LogP contribution >= 0.6 is 0 Å². The van der Waals surface area contributed by atoms with Crippen molar-refractivity contribution < 1.29 is 14.3 Å². The minimum atomic E-state index is -0.126. The second-order valence-electron chi connectivity index (χ2n) is 6.30. The van der Waals surface area contributed by atoms with Crippen LogP contribution in [0.15, 0.2) is 36.5 Å². The average Bonchev–Trinajstić information content (AvgIpc) is 3.34. The molecule has 136 valence electrons. The number of ether oxygens (including phenoxy) is 2. The Morgan fingerprint density at radius 1 is 0.958 bits per heavy atom. The fourth-order valence-electron chi connectivity index (χ4n) is 2.59. The van der Waals surface area contributed by atoms with Gasteiger partial charge in [0.1, 0.15) is 0 Å². The third-order valence-corrected chi connectivity index (χ3v) is 4.17. The maximum atomic E-state index is 10.9.